The average molecular weight is 509 g/mol. The molecule has 0 fully saturated rings. The van der Waals surface area contributed by atoms with Crippen LogP contribution in [0.2, 0.25) is 0 Å². The van der Waals surface area contributed by atoms with Crippen LogP contribution in [0.15, 0.2) is 101 Å². The maximum Gasteiger partial charge on any atom is 0.0812 e. The number of nitrogens with zero attached hydrogens (tertiary/aromatic N) is 4. The monoisotopic (exact) mass is 508 g/mol. The van der Waals surface area contributed by atoms with E-state index in [1.807, 2.05) is 48.8 Å². The smallest absolute Gasteiger partial charge is 0.0812 e. The van der Waals surface area contributed by atoms with Crippen molar-refractivity contribution in [1.29, 1.82) is 0 Å². The molecule has 2 heterocycles. The molecule has 39 heavy (non-hydrogen) atoms. The van der Waals surface area contributed by atoms with Crippen molar-refractivity contribution >= 4 is 23.8 Å². The third-order valence-corrected chi connectivity index (χ3v) is 6.89. The Hall–Kier alpha value is -4.70. The van der Waals surface area contributed by atoms with Crippen LogP contribution in [0.5, 0.6) is 0 Å². The Labute approximate surface area is 230 Å². The summed E-state index contributed by atoms with van der Waals surface area (Å²) in [7, 11) is 0. The number of aromatic nitrogens is 2. The lowest BCUT2D eigenvalue weighted by Crippen LogP contribution is -1.91. The Morgan fingerprint density at radius 3 is 1.44 bits per heavy atom. The molecule has 0 saturated heterocycles. The zero-order chi connectivity index (χ0) is 27.4. The number of aryl methyl sites for hydroxylation is 5. The fourth-order valence-corrected chi connectivity index (χ4v) is 4.92. The molecule has 0 aliphatic carbocycles. The van der Waals surface area contributed by atoms with Crippen LogP contribution >= 0.6 is 0 Å². The Morgan fingerprint density at radius 2 is 0.974 bits per heavy atom. The predicted octanol–water partition coefficient (Wildman–Crippen LogP) is 8.85. The van der Waals surface area contributed by atoms with Crippen molar-refractivity contribution in [2.45, 2.75) is 34.6 Å². The van der Waals surface area contributed by atoms with Gasteiger partial charge in [-0.15, -0.1) is 0 Å². The van der Waals surface area contributed by atoms with Crippen molar-refractivity contribution in [3.63, 3.8) is 0 Å². The molecule has 0 unspecified atom stereocenters. The van der Waals surface area contributed by atoms with E-state index in [9.17, 15) is 0 Å². The Bertz CT molecular complexity index is 1640. The topological polar surface area (TPSA) is 50.5 Å². The van der Waals surface area contributed by atoms with Crippen LogP contribution in [0.4, 0.5) is 11.4 Å². The zero-order valence-corrected chi connectivity index (χ0v) is 23.1. The highest BCUT2D eigenvalue weighted by Gasteiger charge is 2.11. The average Bonchev–Trinajstić information content (AvgIpc) is 2.93. The van der Waals surface area contributed by atoms with Gasteiger partial charge in [-0.25, -0.2) is 0 Å². The van der Waals surface area contributed by atoms with E-state index in [2.05, 4.69) is 87.1 Å². The van der Waals surface area contributed by atoms with Gasteiger partial charge in [-0.2, -0.15) is 0 Å². The first kappa shape index (κ1) is 25.9. The normalized spacial score (nSPS) is 11.5. The van der Waals surface area contributed by atoms with Crippen molar-refractivity contribution < 1.29 is 0 Å². The molecule has 0 saturated carbocycles. The first-order valence-corrected chi connectivity index (χ1v) is 13.1. The van der Waals surface area contributed by atoms with Gasteiger partial charge in [0.15, 0.2) is 0 Å². The minimum Gasteiger partial charge on any atom is -0.255 e. The van der Waals surface area contributed by atoms with E-state index in [0.717, 1.165) is 45.0 Å². The van der Waals surface area contributed by atoms with Gasteiger partial charge < -0.3 is 0 Å². The fourth-order valence-electron chi connectivity index (χ4n) is 4.92. The molecule has 5 aromatic rings. The molecule has 0 aliphatic rings. The van der Waals surface area contributed by atoms with E-state index in [4.69, 9.17) is 9.98 Å². The first-order chi connectivity index (χ1) is 18.9. The Morgan fingerprint density at radius 1 is 0.487 bits per heavy atom. The van der Waals surface area contributed by atoms with E-state index < -0.39 is 0 Å². The number of benzene rings is 3. The maximum absolute atomic E-state index is 4.76. The molecule has 5 rings (SSSR count). The lowest BCUT2D eigenvalue weighted by molar-refractivity contribution is 1.28. The molecule has 0 atom stereocenters. The van der Waals surface area contributed by atoms with E-state index in [1.165, 1.54) is 27.8 Å². The molecule has 0 aliphatic heterocycles. The second kappa shape index (κ2) is 11.4. The minimum absolute atomic E-state index is 0.850. The van der Waals surface area contributed by atoms with Gasteiger partial charge in [-0.1, -0.05) is 24.3 Å². The van der Waals surface area contributed by atoms with Gasteiger partial charge in [0, 0.05) is 12.4 Å². The molecule has 0 radical (unpaired) electrons. The van der Waals surface area contributed by atoms with Gasteiger partial charge in [0.25, 0.3) is 0 Å². The molecular formula is C35H32N4. The summed E-state index contributed by atoms with van der Waals surface area (Å²) >= 11 is 0. The molecule has 4 heteroatoms. The maximum atomic E-state index is 4.76. The SMILES string of the molecule is Cc1ccc(-c2cc(C)c(N=Cc3ccccn3)c(C)c2)cc1-c1cc(C)c(N=Cc2ccccn2)c(C)c1. The molecule has 0 spiro atoms. The summed E-state index contributed by atoms with van der Waals surface area (Å²) in [5.74, 6) is 0. The molecule has 2 aromatic heterocycles. The van der Waals surface area contributed by atoms with E-state index in [-0.39, 0.29) is 0 Å². The highest BCUT2D eigenvalue weighted by molar-refractivity contribution is 5.84. The number of aliphatic imine (C=N–C) groups is 2. The van der Waals surface area contributed by atoms with Crippen LogP contribution < -0.4 is 0 Å². The largest absolute Gasteiger partial charge is 0.255 e. The Kier molecular flexibility index (Phi) is 7.55. The third kappa shape index (κ3) is 5.91. The number of rotatable bonds is 6. The summed E-state index contributed by atoms with van der Waals surface area (Å²) in [6.07, 6.45) is 7.22. The van der Waals surface area contributed by atoms with Gasteiger partial charge >= 0.3 is 0 Å². The van der Waals surface area contributed by atoms with Gasteiger partial charge in [0.2, 0.25) is 0 Å². The standard InChI is InChI=1S/C35H32N4/c1-23-12-13-28(29-16-24(2)34(25(3)17-29)38-21-31-10-6-8-14-36-31)20-33(23)30-18-26(4)35(27(5)19-30)39-22-32-11-7-9-15-37-32/h6-22H,1-5H3. The second-order valence-corrected chi connectivity index (χ2v) is 9.97. The summed E-state index contributed by atoms with van der Waals surface area (Å²) in [5, 5.41) is 0. The van der Waals surface area contributed by atoms with E-state index >= 15 is 0 Å². The van der Waals surface area contributed by atoms with Gasteiger partial charge in [0.05, 0.1) is 35.2 Å². The first-order valence-electron chi connectivity index (χ1n) is 13.1. The van der Waals surface area contributed by atoms with Gasteiger partial charge in [0.1, 0.15) is 0 Å². The number of pyridine rings is 2. The minimum atomic E-state index is 0.850. The van der Waals surface area contributed by atoms with Gasteiger partial charge in [-0.05, 0) is 139 Å². The summed E-state index contributed by atoms with van der Waals surface area (Å²) in [5.41, 5.74) is 14.3. The van der Waals surface area contributed by atoms with Crippen molar-refractivity contribution in [2.24, 2.45) is 9.98 Å². The summed E-state index contributed by atoms with van der Waals surface area (Å²) in [6, 6.07) is 27.3. The molecule has 3 aromatic carbocycles. The number of hydrogen-bond acceptors (Lipinski definition) is 4. The summed E-state index contributed by atoms with van der Waals surface area (Å²) in [6.45, 7) is 10.7. The Balaban J connectivity index is 1.47. The third-order valence-electron chi connectivity index (χ3n) is 6.89. The van der Waals surface area contributed by atoms with Crippen LogP contribution in [0, 0.1) is 34.6 Å². The van der Waals surface area contributed by atoms with Crippen molar-refractivity contribution in [1.82, 2.24) is 9.97 Å². The van der Waals surface area contributed by atoms with Crippen LogP contribution in [0.3, 0.4) is 0 Å². The quantitative estimate of drug-likeness (QED) is 0.215. The van der Waals surface area contributed by atoms with Crippen LogP contribution in [-0.4, -0.2) is 22.4 Å². The van der Waals surface area contributed by atoms with Crippen molar-refractivity contribution in [3.05, 3.63) is 130 Å². The molecule has 192 valence electrons. The molecule has 0 N–H and O–H groups in total. The van der Waals surface area contributed by atoms with Crippen molar-refractivity contribution in [2.75, 3.05) is 0 Å². The van der Waals surface area contributed by atoms with Crippen LogP contribution in [-0.2, 0) is 0 Å². The zero-order valence-electron chi connectivity index (χ0n) is 23.1. The molecule has 0 bridgehead atoms. The van der Waals surface area contributed by atoms with Crippen LogP contribution in [0.1, 0.15) is 39.2 Å². The highest BCUT2D eigenvalue weighted by Crippen LogP contribution is 2.36. The summed E-state index contributed by atoms with van der Waals surface area (Å²) in [4.78, 5) is 18.2. The lowest BCUT2D eigenvalue weighted by atomic mass is 9.91. The van der Waals surface area contributed by atoms with Crippen molar-refractivity contribution in [3.8, 4) is 22.3 Å². The lowest BCUT2D eigenvalue weighted by Gasteiger charge is -2.15. The second-order valence-electron chi connectivity index (χ2n) is 9.97. The van der Waals surface area contributed by atoms with Crippen LogP contribution in [0.25, 0.3) is 22.3 Å². The highest BCUT2D eigenvalue weighted by atomic mass is 14.8. The molecule has 4 nitrogen and oxygen atoms in total. The van der Waals surface area contributed by atoms with E-state index in [1.54, 1.807) is 12.4 Å². The number of hydrogen-bond donors (Lipinski definition) is 0. The summed E-state index contributed by atoms with van der Waals surface area (Å²) < 4.78 is 0. The molecular weight excluding hydrogens is 476 g/mol. The predicted molar refractivity (Wildman–Crippen MR) is 164 cm³/mol. The molecule has 0 amide bonds. The van der Waals surface area contributed by atoms with Gasteiger partial charge in [-0.3, -0.25) is 20.0 Å². The van der Waals surface area contributed by atoms with E-state index in [0.29, 0.717) is 0 Å². The fraction of sp³-hybridized carbons (Fsp3) is 0.143.